The highest BCUT2D eigenvalue weighted by Crippen LogP contribution is 2.29. The van der Waals surface area contributed by atoms with E-state index in [9.17, 15) is 18.5 Å². The first-order chi connectivity index (χ1) is 15.4. The Bertz CT molecular complexity index is 1320. The fourth-order valence-electron chi connectivity index (χ4n) is 3.41. The van der Waals surface area contributed by atoms with Crippen LogP contribution in [-0.2, 0) is 23.4 Å². The summed E-state index contributed by atoms with van der Waals surface area (Å²) in [6, 6.07) is 19.1. The molecule has 32 heavy (non-hydrogen) atoms. The Morgan fingerprint density at radius 2 is 1.47 bits per heavy atom. The molecule has 0 aliphatic heterocycles. The molecular weight excluding hydrogens is 431 g/mol. The quantitative estimate of drug-likeness (QED) is 0.430. The van der Waals surface area contributed by atoms with Crippen LogP contribution in [0.25, 0.3) is 22.3 Å². The van der Waals surface area contributed by atoms with E-state index in [-0.39, 0.29) is 23.6 Å². The van der Waals surface area contributed by atoms with Crippen molar-refractivity contribution in [2.24, 2.45) is 0 Å². The van der Waals surface area contributed by atoms with Crippen LogP contribution in [0.1, 0.15) is 11.1 Å². The third-order valence-electron chi connectivity index (χ3n) is 5.00. The van der Waals surface area contributed by atoms with Crippen molar-refractivity contribution in [3.63, 3.8) is 0 Å². The predicted octanol–water partition coefficient (Wildman–Crippen LogP) is 4.19. The van der Waals surface area contributed by atoms with Crippen LogP contribution in [0.15, 0.2) is 83.8 Å². The molecule has 0 aliphatic rings. The van der Waals surface area contributed by atoms with Crippen molar-refractivity contribution in [3.05, 3.63) is 106 Å². The van der Waals surface area contributed by atoms with E-state index in [4.69, 9.17) is 4.55 Å². The number of hydrogen-bond donors (Lipinski definition) is 2. The number of aromatic nitrogens is 2. The van der Waals surface area contributed by atoms with E-state index in [2.05, 4.69) is 5.10 Å². The lowest BCUT2D eigenvalue weighted by Crippen LogP contribution is -2.25. The Morgan fingerprint density at radius 1 is 0.875 bits per heavy atom. The van der Waals surface area contributed by atoms with Gasteiger partial charge in [-0.05, 0) is 46.5 Å². The summed E-state index contributed by atoms with van der Waals surface area (Å²) in [5, 5.41) is 13.8. The van der Waals surface area contributed by atoms with Crippen LogP contribution < -0.4 is 5.56 Å². The second kappa shape index (κ2) is 9.25. The second-order valence-electron chi connectivity index (χ2n) is 7.23. The summed E-state index contributed by atoms with van der Waals surface area (Å²) in [7, 11) is 0. The average Bonchev–Trinajstić information content (AvgIpc) is 2.77. The van der Waals surface area contributed by atoms with Gasteiger partial charge in [0.1, 0.15) is 11.6 Å². The van der Waals surface area contributed by atoms with E-state index in [1.54, 1.807) is 54.7 Å². The number of halogens is 1. The normalized spacial score (nSPS) is 11.9. The summed E-state index contributed by atoms with van der Waals surface area (Å²) in [6.45, 7) is 0.203. The molecule has 0 aliphatic carbocycles. The first-order valence-electron chi connectivity index (χ1n) is 9.71. The van der Waals surface area contributed by atoms with Crippen molar-refractivity contribution < 1.29 is 18.3 Å². The van der Waals surface area contributed by atoms with Gasteiger partial charge in [-0.2, -0.15) is 5.10 Å². The highest BCUT2D eigenvalue weighted by atomic mass is 32.2. The average molecular weight is 450 g/mol. The Kier molecular flexibility index (Phi) is 6.25. The fraction of sp³-hybridized carbons (Fsp3) is 0.0833. The maximum atomic E-state index is 13.5. The topological polar surface area (TPSA) is 92.4 Å². The molecule has 2 N–H and O–H groups in total. The van der Waals surface area contributed by atoms with Crippen molar-refractivity contribution in [2.75, 3.05) is 0 Å². The SMILES string of the molecule is O=c1c(-c2ccc(F)cc2)c(-c2ccc(CS(=O)O)cc2)cnn1Cc1ccc(O)cc1. The Hall–Kier alpha value is -3.62. The van der Waals surface area contributed by atoms with Gasteiger partial charge in [-0.15, -0.1) is 0 Å². The lowest BCUT2D eigenvalue weighted by atomic mass is 9.96. The molecule has 0 radical (unpaired) electrons. The van der Waals surface area contributed by atoms with Crippen LogP contribution >= 0.6 is 0 Å². The first-order valence-corrected chi connectivity index (χ1v) is 11.0. The molecule has 4 rings (SSSR count). The molecular formula is C24H19FN2O4S. The summed E-state index contributed by atoms with van der Waals surface area (Å²) in [6.07, 6.45) is 1.58. The van der Waals surface area contributed by atoms with Crippen LogP contribution in [0, 0.1) is 5.82 Å². The lowest BCUT2D eigenvalue weighted by Gasteiger charge is -2.13. The van der Waals surface area contributed by atoms with Crippen LogP contribution in [0.3, 0.4) is 0 Å². The third-order valence-corrected chi connectivity index (χ3v) is 5.58. The van der Waals surface area contributed by atoms with Crippen LogP contribution in [0.4, 0.5) is 4.39 Å². The number of benzene rings is 3. The molecule has 0 spiro atoms. The maximum Gasteiger partial charge on any atom is 0.275 e. The van der Waals surface area contributed by atoms with Crippen molar-refractivity contribution in [3.8, 4) is 28.0 Å². The summed E-state index contributed by atoms with van der Waals surface area (Å²) in [5.74, 6) is -0.266. The molecule has 1 atom stereocenters. The molecule has 1 aromatic heterocycles. The third kappa shape index (κ3) is 4.82. The minimum atomic E-state index is -1.95. The first kappa shape index (κ1) is 21.6. The molecule has 1 unspecified atom stereocenters. The standard InChI is InChI=1S/C24H19FN2O4S/c25-20-9-7-19(8-10-20)23-22(18-5-1-17(2-6-18)15-32(30)31)13-26-27(24(23)29)14-16-3-11-21(28)12-4-16/h1-13,28H,14-15H2,(H,30,31). The van der Waals surface area contributed by atoms with E-state index < -0.39 is 16.9 Å². The zero-order chi connectivity index (χ0) is 22.7. The van der Waals surface area contributed by atoms with Gasteiger partial charge in [0.25, 0.3) is 5.56 Å². The van der Waals surface area contributed by atoms with Gasteiger partial charge in [0, 0.05) is 5.56 Å². The Labute approximate surface area is 185 Å². The summed E-state index contributed by atoms with van der Waals surface area (Å²) in [4.78, 5) is 13.4. The smallest absolute Gasteiger partial charge is 0.275 e. The zero-order valence-corrected chi connectivity index (χ0v) is 17.6. The maximum absolute atomic E-state index is 13.5. The van der Waals surface area contributed by atoms with Crippen molar-refractivity contribution in [1.82, 2.24) is 9.78 Å². The van der Waals surface area contributed by atoms with Crippen molar-refractivity contribution >= 4 is 11.1 Å². The van der Waals surface area contributed by atoms with E-state index in [0.717, 1.165) is 5.56 Å². The fourth-order valence-corrected chi connectivity index (χ4v) is 3.89. The second-order valence-corrected chi connectivity index (χ2v) is 8.16. The number of phenols is 1. The van der Waals surface area contributed by atoms with E-state index in [0.29, 0.717) is 27.8 Å². The Morgan fingerprint density at radius 3 is 2.09 bits per heavy atom. The van der Waals surface area contributed by atoms with Crippen molar-refractivity contribution in [1.29, 1.82) is 0 Å². The zero-order valence-electron chi connectivity index (χ0n) is 16.8. The number of nitrogens with zero attached hydrogens (tertiary/aromatic N) is 2. The number of hydrogen-bond acceptors (Lipinski definition) is 4. The molecule has 162 valence electrons. The molecule has 3 aromatic carbocycles. The molecule has 4 aromatic rings. The van der Waals surface area contributed by atoms with Crippen LogP contribution in [0.2, 0.25) is 0 Å². The number of phenolic OH excluding ortho intramolecular Hbond substituents is 1. The molecule has 0 saturated carbocycles. The summed E-state index contributed by atoms with van der Waals surface area (Å²) >= 11 is -1.95. The summed E-state index contributed by atoms with van der Waals surface area (Å²) < 4.78 is 35.0. The minimum Gasteiger partial charge on any atom is -0.508 e. The van der Waals surface area contributed by atoms with Gasteiger partial charge in [0.2, 0.25) is 0 Å². The van der Waals surface area contributed by atoms with E-state index in [1.165, 1.54) is 28.9 Å². The van der Waals surface area contributed by atoms with E-state index in [1.807, 2.05) is 0 Å². The molecule has 0 fully saturated rings. The summed E-state index contributed by atoms with van der Waals surface area (Å²) in [5.41, 5.74) is 3.33. The van der Waals surface area contributed by atoms with Gasteiger partial charge >= 0.3 is 0 Å². The number of aromatic hydroxyl groups is 1. The van der Waals surface area contributed by atoms with Gasteiger partial charge in [0.05, 0.1) is 24.1 Å². The molecule has 6 nitrogen and oxygen atoms in total. The predicted molar refractivity (Wildman–Crippen MR) is 121 cm³/mol. The molecule has 0 saturated heterocycles. The van der Waals surface area contributed by atoms with Gasteiger partial charge in [-0.1, -0.05) is 48.5 Å². The minimum absolute atomic E-state index is 0.0115. The number of rotatable bonds is 6. The molecule has 0 amide bonds. The molecule has 1 heterocycles. The van der Waals surface area contributed by atoms with Gasteiger partial charge < -0.3 is 9.66 Å². The van der Waals surface area contributed by atoms with Gasteiger partial charge in [0.15, 0.2) is 11.1 Å². The van der Waals surface area contributed by atoms with E-state index >= 15 is 0 Å². The Balaban J connectivity index is 1.81. The van der Waals surface area contributed by atoms with Gasteiger partial charge in [-0.3, -0.25) is 4.79 Å². The molecule has 0 bridgehead atoms. The van der Waals surface area contributed by atoms with Gasteiger partial charge in [-0.25, -0.2) is 13.3 Å². The highest BCUT2D eigenvalue weighted by molar-refractivity contribution is 7.78. The largest absolute Gasteiger partial charge is 0.508 e. The monoisotopic (exact) mass is 450 g/mol. The van der Waals surface area contributed by atoms with Crippen LogP contribution in [-0.4, -0.2) is 23.6 Å². The highest BCUT2D eigenvalue weighted by Gasteiger charge is 2.16. The van der Waals surface area contributed by atoms with Crippen LogP contribution in [0.5, 0.6) is 5.75 Å². The molecule has 8 heteroatoms. The lowest BCUT2D eigenvalue weighted by molar-refractivity contribution is 0.475. The van der Waals surface area contributed by atoms with Crippen molar-refractivity contribution in [2.45, 2.75) is 12.3 Å².